The molecule has 0 unspecified atom stereocenters. The van der Waals surface area contributed by atoms with Crippen molar-refractivity contribution < 1.29 is 9.47 Å². The van der Waals surface area contributed by atoms with Crippen molar-refractivity contribution in [2.24, 2.45) is 0 Å². The van der Waals surface area contributed by atoms with Gasteiger partial charge < -0.3 is 9.47 Å². The molecule has 3 nitrogen and oxygen atoms in total. The van der Waals surface area contributed by atoms with Crippen molar-refractivity contribution >= 4 is 27.7 Å². The minimum Gasteiger partial charge on any atom is -0.493 e. The summed E-state index contributed by atoms with van der Waals surface area (Å²) in [4.78, 5) is 2.36. The van der Waals surface area contributed by atoms with Crippen LogP contribution in [0.1, 0.15) is 19.4 Å². The smallest absolute Gasteiger partial charge is 0.175 e. The Labute approximate surface area is 135 Å². The highest BCUT2D eigenvalue weighted by Gasteiger charge is 2.16. The molecule has 0 saturated heterocycles. The summed E-state index contributed by atoms with van der Waals surface area (Å²) in [5, 5.41) is 0. The van der Waals surface area contributed by atoms with Crippen LogP contribution in [0.15, 0.2) is 16.6 Å². The number of benzene rings is 1. The number of rotatable bonds is 8. The van der Waals surface area contributed by atoms with Crippen molar-refractivity contribution in [1.29, 1.82) is 0 Å². The van der Waals surface area contributed by atoms with Gasteiger partial charge in [0.15, 0.2) is 11.5 Å². The Hall–Kier alpha value is -0.390. The Bertz CT molecular complexity index is 429. The van der Waals surface area contributed by atoms with Crippen molar-refractivity contribution in [3.63, 3.8) is 0 Å². The maximum atomic E-state index is 5.42. The van der Waals surface area contributed by atoms with Gasteiger partial charge in [-0.3, -0.25) is 4.90 Å². The summed E-state index contributed by atoms with van der Waals surface area (Å²) in [7, 11) is 5.47. The topological polar surface area (TPSA) is 21.7 Å². The van der Waals surface area contributed by atoms with E-state index < -0.39 is 0 Å². The zero-order chi connectivity index (χ0) is 15.1. The van der Waals surface area contributed by atoms with Crippen LogP contribution in [-0.4, -0.2) is 43.7 Å². The molecular weight excluding hydrogens is 338 g/mol. The molecule has 1 aromatic rings. The van der Waals surface area contributed by atoms with Gasteiger partial charge in [0.2, 0.25) is 0 Å². The summed E-state index contributed by atoms with van der Waals surface area (Å²) in [5.41, 5.74) is 1.21. The molecule has 0 aliphatic rings. The predicted octanol–water partition coefficient (Wildman–Crippen LogP) is 4.04. The molecule has 0 radical (unpaired) electrons. The van der Waals surface area contributed by atoms with Crippen LogP contribution >= 0.6 is 27.7 Å². The minimum absolute atomic E-state index is 0.542. The summed E-state index contributed by atoms with van der Waals surface area (Å²) >= 11 is 5.60. The van der Waals surface area contributed by atoms with Gasteiger partial charge in [0.1, 0.15) is 0 Å². The van der Waals surface area contributed by atoms with Crippen molar-refractivity contribution in [2.45, 2.75) is 26.4 Å². The predicted molar refractivity (Wildman–Crippen MR) is 91.2 cm³/mol. The fraction of sp³-hybridized carbons (Fsp3) is 0.600. The Morgan fingerprint density at radius 1 is 1.30 bits per heavy atom. The highest BCUT2D eigenvalue weighted by molar-refractivity contribution is 9.10. The summed E-state index contributed by atoms with van der Waals surface area (Å²) in [6, 6.07) is 4.58. The molecule has 0 aliphatic heterocycles. The van der Waals surface area contributed by atoms with Crippen LogP contribution in [0.3, 0.4) is 0 Å². The molecule has 1 atom stereocenters. The fourth-order valence-electron chi connectivity index (χ4n) is 1.89. The first-order valence-electron chi connectivity index (χ1n) is 6.72. The second-order valence-corrected chi connectivity index (χ2v) is 6.81. The van der Waals surface area contributed by atoms with Crippen LogP contribution < -0.4 is 9.47 Å². The van der Waals surface area contributed by atoms with E-state index in [9.17, 15) is 0 Å². The van der Waals surface area contributed by atoms with Crippen molar-refractivity contribution in [3.05, 3.63) is 22.2 Å². The van der Waals surface area contributed by atoms with Gasteiger partial charge in [-0.2, -0.15) is 11.8 Å². The number of halogens is 1. The lowest BCUT2D eigenvalue weighted by Gasteiger charge is -2.25. The van der Waals surface area contributed by atoms with Gasteiger partial charge in [-0.25, -0.2) is 0 Å². The number of hydrogen-bond acceptors (Lipinski definition) is 4. The maximum absolute atomic E-state index is 5.42. The molecule has 20 heavy (non-hydrogen) atoms. The van der Waals surface area contributed by atoms with Crippen LogP contribution in [0.2, 0.25) is 0 Å². The highest BCUT2D eigenvalue weighted by Crippen LogP contribution is 2.38. The van der Waals surface area contributed by atoms with E-state index in [0.717, 1.165) is 34.0 Å². The van der Waals surface area contributed by atoms with Gasteiger partial charge in [0.05, 0.1) is 18.7 Å². The van der Waals surface area contributed by atoms with Crippen molar-refractivity contribution in [3.8, 4) is 11.5 Å². The van der Waals surface area contributed by atoms with Gasteiger partial charge in [-0.1, -0.05) is 13.0 Å². The van der Waals surface area contributed by atoms with E-state index >= 15 is 0 Å². The molecule has 1 aromatic carbocycles. The molecule has 1 rings (SSSR count). The van der Waals surface area contributed by atoms with E-state index in [-0.39, 0.29) is 0 Å². The average molecular weight is 362 g/mol. The van der Waals surface area contributed by atoms with Crippen LogP contribution in [0.4, 0.5) is 0 Å². The molecule has 0 amide bonds. The van der Waals surface area contributed by atoms with E-state index in [4.69, 9.17) is 9.47 Å². The quantitative estimate of drug-likeness (QED) is 0.696. The third-order valence-electron chi connectivity index (χ3n) is 3.30. The van der Waals surface area contributed by atoms with E-state index in [1.165, 1.54) is 5.56 Å². The summed E-state index contributed by atoms with van der Waals surface area (Å²) in [6.07, 6.45) is 0. The third-order valence-corrected chi connectivity index (χ3v) is 5.30. The normalized spacial score (nSPS) is 12.6. The van der Waals surface area contributed by atoms with Crippen LogP contribution in [-0.2, 0) is 6.54 Å². The van der Waals surface area contributed by atoms with Gasteiger partial charge in [-0.05, 0) is 47.3 Å². The molecule has 0 spiro atoms. The average Bonchev–Trinajstić information content (AvgIpc) is 2.46. The van der Waals surface area contributed by atoms with E-state index in [2.05, 4.69) is 47.8 Å². The molecule has 0 saturated carbocycles. The molecule has 0 N–H and O–H groups in total. The van der Waals surface area contributed by atoms with Gasteiger partial charge in [0, 0.05) is 18.3 Å². The monoisotopic (exact) mass is 361 g/mol. The maximum Gasteiger partial charge on any atom is 0.175 e. The first-order valence-corrected chi connectivity index (χ1v) is 8.67. The fourth-order valence-corrected chi connectivity index (χ4v) is 3.34. The van der Waals surface area contributed by atoms with Gasteiger partial charge in [0.25, 0.3) is 0 Å². The molecule has 0 bridgehead atoms. The lowest BCUT2D eigenvalue weighted by atomic mass is 10.1. The van der Waals surface area contributed by atoms with Crippen LogP contribution in [0.5, 0.6) is 11.5 Å². The molecular formula is C15H24BrNO2S. The number of hydrogen-bond donors (Lipinski definition) is 0. The second-order valence-electron chi connectivity index (χ2n) is 4.70. The van der Waals surface area contributed by atoms with Crippen LogP contribution in [0, 0.1) is 0 Å². The lowest BCUT2D eigenvalue weighted by molar-refractivity contribution is 0.268. The van der Waals surface area contributed by atoms with Gasteiger partial charge >= 0.3 is 0 Å². The van der Waals surface area contributed by atoms with E-state index in [1.807, 2.05) is 17.8 Å². The number of ether oxygens (including phenoxy) is 2. The SMILES string of the molecule is CCSC[C@@H](C)N(C)Cc1ccc(OC)c(OC)c1Br. The summed E-state index contributed by atoms with van der Waals surface area (Å²) < 4.78 is 11.7. The molecule has 0 aromatic heterocycles. The Kier molecular flexibility index (Phi) is 7.77. The molecule has 0 aliphatic carbocycles. The first kappa shape index (κ1) is 17.7. The van der Waals surface area contributed by atoms with Crippen LogP contribution in [0.25, 0.3) is 0 Å². The van der Waals surface area contributed by atoms with E-state index in [1.54, 1.807) is 14.2 Å². The number of thioether (sulfide) groups is 1. The zero-order valence-electron chi connectivity index (χ0n) is 12.9. The lowest BCUT2D eigenvalue weighted by Crippen LogP contribution is -2.30. The number of nitrogens with zero attached hydrogens (tertiary/aromatic N) is 1. The highest BCUT2D eigenvalue weighted by atomic mass is 79.9. The first-order chi connectivity index (χ1) is 9.54. The Balaban J connectivity index is 2.82. The molecule has 114 valence electrons. The minimum atomic E-state index is 0.542. The second kappa shape index (κ2) is 8.80. The number of methoxy groups -OCH3 is 2. The van der Waals surface area contributed by atoms with Crippen molar-refractivity contribution in [2.75, 3.05) is 32.8 Å². The summed E-state index contributed by atoms with van der Waals surface area (Å²) in [5.74, 6) is 3.82. The molecule has 0 fully saturated rings. The summed E-state index contributed by atoms with van der Waals surface area (Å²) in [6.45, 7) is 5.34. The zero-order valence-corrected chi connectivity index (χ0v) is 15.3. The standard InChI is InChI=1S/C15H24BrNO2S/c1-6-20-10-11(2)17(3)9-12-7-8-13(18-4)15(19-5)14(12)16/h7-8,11H,6,9-10H2,1-5H3/t11-/m1/s1. The Morgan fingerprint density at radius 3 is 2.55 bits per heavy atom. The molecule has 0 heterocycles. The Morgan fingerprint density at radius 2 is 2.00 bits per heavy atom. The largest absolute Gasteiger partial charge is 0.493 e. The molecule has 5 heteroatoms. The van der Waals surface area contributed by atoms with Gasteiger partial charge in [-0.15, -0.1) is 0 Å². The third kappa shape index (κ3) is 4.57. The van der Waals surface area contributed by atoms with Crippen molar-refractivity contribution in [1.82, 2.24) is 4.90 Å². The van der Waals surface area contributed by atoms with E-state index in [0.29, 0.717) is 6.04 Å².